The van der Waals surface area contributed by atoms with Gasteiger partial charge in [0.25, 0.3) is 5.91 Å². The van der Waals surface area contributed by atoms with E-state index >= 15 is 0 Å². The Labute approximate surface area is 203 Å². The summed E-state index contributed by atoms with van der Waals surface area (Å²) in [4.78, 5) is 17.7. The predicted octanol–water partition coefficient (Wildman–Crippen LogP) is 3.64. The average molecular weight is 488 g/mol. The summed E-state index contributed by atoms with van der Waals surface area (Å²) in [5.41, 5.74) is 3.29. The summed E-state index contributed by atoms with van der Waals surface area (Å²) < 4.78 is 34.1. The monoisotopic (exact) mass is 487 g/mol. The summed E-state index contributed by atoms with van der Waals surface area (Å²) in [7, 11) is -3.53. The molecule has 1 aromatic heterocycles. The number of piperidine rings is 1. The van der Waals surface area contributed by atoms with Gasteiger partial charge in [0, 0.05) is 61.9 Å². The lowest BCUT2D eigenvalue weighted by molar-refractivity contribution is 0.0125. The number of likely N-dealkylation sites (tertiary alicyclic amines) is 1. The lowest BCUT2D eigenvalue weighted by atomic mass is 9.97. The highest BCUT2D eigenvalue weighted by Gasteiger charge is 2.34. The molecule has 0 spiro atoms. The smallest absolute Gasteiger partial charge is 0.253 e. The molecule has 3 aliphatic rings. The first kappa shape index (κ1) is 23.8. The third kappa shape index (κ3) is 4.18. The van der Waals surface area contributed by atoms with Gasteiger partial charge in [0.1, 0.15) is 0 Å². The molecule has 186 valence electrons. The van der Waals surface area contributed by atoms with E-state index in [0.717, 1.165) is 75.2 Å². The highest BCUT2D eigenvalue weighted by molar-refractivity contribution is 7.90. The lowest BCUT2D eigenvalue weighted by Gasteiger charge is -2.37. The van der Waals surface area contributed by atoms with E-state index in [4.69, 9.17) is 4.74 Å². The zero-order valence-electron chi connectivity index (χ0n) is 20.6. The lowest BCUT2D eigenvalue weighted by Crippen LogP contribution is -2.44. The first-order valence-corrected chi connectivity index (χ1v) is 14.3. The van der Waals surface area contributed by atoms with Crippen molar-refractivity contribution in [3.05, 3.63) is 35.0 Å². The third-order valence-electron chi connectivity index (χ3n) is 7.95. The highest BCUT2D eigenvalue weighted by atomic mass is 32.2. The first-order chi connectivity index (χ1) is 16.3. The number of fused-ring (bicyclic) bond motifs is 3. The van der Waals surface area contributed by atoms with Crippen molar-refractivity contribution >= 4 is 26.8 Å². The Bertz CT molecular complexity index is 1170. The molecule has 8 heteroatoms. The number of benzene rings is 1. The fourth-order valence-corrected chi connectivity index (χ4v) is 7.05. The van der Waals surface area contributed by atoms with Crippen LogP contribution in [0.2, 0.25) is 0 Å². The van der Waals surface area contributed by atoms with Gasteiger partial charge in [-0.05, 0) is 69.2 Å². The Morgan fingerprint density at radius 2 is 1.88 bits per heavy atom. The molecule has 7 nitrogen and oxygen atoms in total. The van der Waals surface area contributed by atoms with Gasteiger partial charge in [-0.1, -0.05) is 6.92 Å². The Morgan fingerprint density at radius 1 is 1.12 bits per heavy atom. The van der Waals surface area contributed by atoms with Crippen molar-refractivity contribution in [1.82, 2.24) is 13.8 Å². The molecule has 1 amide bonds. The van der Waals surface area contributed by atoms with Gasteiger partial charge < -0.3 is 9.64 Å². The van der Waals surface area contributed by atoms with Crippen LogP contribution in [-0.4, -0.2) is 72.2 Å². The predicted molar refractivity (Wildman–Crippen MR) is 134 cm³/mol. The zero-order valence-corrected chi connectivity index (χ0v) is 21.4. The second-order valence-corrected chi connectivity index (χ2v) is 12.9. The number of hydrogen-bond acceptors (Lipinski definition) is 5. The van der Waals surface area contributed by atoms with Gasteiger partial charge in [-0.3, -0.25) is 9.69 Å². The minimum absolute atomic E-state index is 0.0513. The fourth-order valence-electron chi connectivity index (χ4n) is 5.69. The summed E-state index contributed by atoms with van der Waals surface area (Å²) in [5.74, 6) is 0.707. The van der Waals surface area contributed by atoms with Crippen molar-refractivity contribution in [2.45, 2.75) is 70.7 Å². The van der Waals surface area contributed by atoms with Crippen molar-refractivity contribution in [2.75, 3.05) is 32.8 Å². The third-order valence-corrected chi connectivity index (χ3v) is 10.1. The molecule has 0 bridgehead atoms. The maximum atomic E-state index is 13.4. The standard InChI is InChI=1S/C26H37N3O4S/c1-18(2)34(31,32)29-24-7-6-20(26(30)27-11-8-19(3)9-12-27)15-22(24)23-16-28(13-10-25(23)29)21-5-4-14-33-17-21/h6-7,15,18-19,21H,4-5,8-14,16-17H2,1-3H3. The van der Waals surface area contributed by atoms with Gasteiger partial charge in [-0.2, -0.15) is 0 Å². The van der Waals surface area contributed by atoms with Gasteiger partial charge >= 0.3 is 0 Å². The topological polar surface area (TPSA) is 71.9 Å². The molecule has 0 aliphatic carbocycles. The molecule has 0 radical (unpaired) electrons. The maximum Gasteiger partial charge on any atom is 0.253 e. The van der Waals surface area contributed by atoms with E-state index in [0.29, 0.717) is 36.0 Å². The van der Waals surface area contributed by atoms with E-state index < -0.39 is 15.3 Å². The van der Waals surface area contributed by atoms with E-state index in [1.165, 1.54) is 0 Å². The van der Waals surface area contributed by atoms with Crippen molar-refractivity contribution < 1.29 is 17.9 Å². The van der Waals surface area contributed by atoms with E-state index in [2.05, 4.69) is 11.8 Å². The Balaban J connectivity index is 1.57. The Morgan fingerprint density at radius 3 is 2.56 bits per heavy atom. The van der Waals surface area contributed by atoms with Gasteiger partial charge in [0.2, 0.25) is 10.0 Å². The summed E-state index contributed by atoms with van der Waals surface area (Å²) >= 11 is 0. The quantitative estimate of drug-likeness (QED) is 0.659. The van der Waals surface area contributed by atoms with E-state index in [-0.39, 0.29) is 5.91 Å². The molecule has 2 fully saturated rings. The second-order valence-electron chi connectivity index (χ2n) is 10.6. The molecular formula is C26H37N3O4S. The molecule has 0 N–H and O–H groups in total. The van der Waals surface area contributed by atoms with E-state index in [1.807, 2.05) is 23.1 Å². The van der Waals surface area contributed by atoms with Crippen molar-refractivity contribution in [3.63, 3.8) is 0 Å². The molecule has 2 saturated heterocycles. The van der Waals surface area contributed by atoms with Crippen LogP contribution in [0, 0.1) is 5.92 Å². The number of hydrogen-bond donors (Lipinski definition) is 0. The number of rotatable bonds is 4. The molecule has 1 aromatic carbocycles. The van der Waals surface area contributed by atoms with Gasteiger partial charge in [0.15, 0.2) is 0 Å². The summed E-state index contributed by atoms with van der Waals surface area (Å²) in [5, 5.41) is 0.380. The van der Waals surface area contributed by atoms with Crippen molar-refractivity contribution in [2.24, 2.45) is 5.92 Å². The second kappa shape index (κ2) is 9.28. The van der Waals surface area contributed by atoms with Crippen LogP contribution in [0.15, 0.2) is 18.2 Å². The van der Waals surface area contributed by atoms with E-state index in [9.17, 15) is 13.2 Å². The number of amides is 1. The molecule has 2 aromatic rings. The molecule has 1 atom stereocenters. The Hall–Kier alpha value is -1.90. The fraction of sp³-hybridized carbons (Fsp3) is 0.654. The van der Waals surface area contributed by atoms with Gasteiger partial charge in [-0.25, -0.2) is 12.4 Å². The number of aromatic nitrogens is 1. The molecule has 1 unspecified atom stereocenters. The molecule has 3 aliphatic heterocycles. The van der Waals surface area contributed by atoms with Gasteiger partial charge in [-0.15, -0.1) is 0 Å². The Kier molecular flexibility index (Phi) is 6.50. The molecule has 34 heavy (non-hydrogen) atoms. The van der Waals surface area contributed by atoms with Crippen molar-refractivity contribution in [1.29, 1.82) is 0 Å². The molecule has 4 heterocycles. The number of carbonyl (C=O) groups excluding carboxylic acids is 1. The highest BCUT2D eigenvalue weighted by Crippen LogP contribution is 2.35. The van der Waals surface area contributed by atoms with E-state index in [1.54, 1.807) is 17.8 Å². The zero-order chi connectivity index (χ0) is 24.0. The average Bonchev–Trinajstić information content (AvgIpc) is 3.18. The first-order valence-electron chi connectivity index (χ1n) is 12.8. The van der Waals surface area contributed by atoms with Crippen LogP contribution in [-0.2, 0) is 27.7 Å². The van der Waals surface area contributed by atoms with Crippen molar-refractivity contribution in [3.8, 4) is 0 Å². The largest absolute Gasteiger partial charge is 0.380 e. The molecular weight excluding hydrogens is 450 g/mol. The van der Waals surface area contributed by atoms with Crippen LogP contribution in [0.1, 0.15) is 68.1 Å². The van der Waals surface area contributed by atoms with Crippen LogP contribution in [0.3, 0.4) is 0 Å². The van der Waals surface area contributed by atoms with Crippen LogP contribution < -0.4 is 0 Å². The summed E-state index contributed by atoms with van der Waals surface area (Å²) in [6, 6.07) is 5.97. The van der Waals surface area contributed by atoms with Crippen LogP contribution in [0.25, 0.3) is 10.9 Å². The molecule has 5 rings (SSSR count). The normalized spacial score (nSPS) is 22.9. The summed E-state index contributed by atoms with van der Waals surface area (Å²) in [6.45, 7) is 10.3. The summed E-state index contributed by atoms with van der Waals surface area (Å²) in [6.07, 6.45) is 4.91. The minimum Gasteiger partial charge on any atom is -0.380 e. The SMILES string of the molecule is CC1CCN(C(=O)c2ccc3c(c2)c2c(n3S(=O)(=O)C(C)C)CCN(C3CCCOC3)C2)CC1. The number of ether oxygens (including phenoxy) is 1. The van der Waals surface area contributed by atoms with Gasteiger partial charge in [0.05, 0.1) is 17.4 Å². The minimum atomic E-state index is -3.53. The molecule has 0 saturated carbocycles. The maximum absolute atomic E-state index is 13.4. The number of nitrogens with zero attached hydrogens (tertiary/aromatic N) is 3. The number of carbonyl (C=O) groups is 1. The van der Waals surface area contributed by atoms with Crippen LogP contribution in [0.5, 0.6) is 0 Å². The van der Waals surface area contributed by atoms with Crippen LogP contribution in [0.4, 0.5) is 0 Å². The van der Waals surface area contributed by atoms with Crippen LogP contribution >= 0.6 is 0 Å².